The normalized spacial score (nSPS) is 10.4. The van der Waals surface area contributed by atoms with E-state index in [2.05, 4.69) is 18.8 Å². The molecule has 0 bridgehead atoms. The van der Waals surface area contributed by atoms with Crippen molar-refractivity contribution in [3.8, 4) is 0 Å². The molecule has 0 saturated heterocycles. The molecule has 1 rings (SSSR count). The first kappa shape index (κ1) is 7.50. The van der Waals surface area contributed by atoms with E-state index >= 15 is 0 Å². The number of rotatable bonds is 2. The van der Waals surface area contributed by atoms with Crippen LogP contribution >= 0.6 is 11.3 Å². The standard InChI is InChI=1S/C6H10N2OS/c1-4(2)5-3-7-6(8-9)10-5/h3-4,9H,1-2H3,(H,7,8). The van der Waals surface area contributed by atoms with Crippen molar-refractivity contribution in [2.24, 2.45) is 0 Å². The molecule has 56 valence electrons. The van der Waals surface area contributed by atoms with Crippen LogP contribution in [0.2, 0.25) is 0 Å². The van der Waals surface area contributed by atoms with Crippen LogP contribution in [0.4, 0.5) is 5.13 Å². The lowest BCUT2D eigenvalue weighted by Gasteiger charge is -1.95. The van der Waals surface area contributed by atoms with Gasteiger partial charge in [-0.15, -0.1) is 0 Å². The van der Waals surface area contributed by atoms with E-state index in [1.54, 1.807) is 6.20 Å². The Morgan fingerprint density at radius 3 is 2.70 bits per heavy atom. The van der Waals surface area contributed by atoms with Gasteiger partial charge in [0.25, 0.3) is 0 Å². The fourth-order valence-corrected chi connectivity index (χ4v) is 1.32. The molecule has 0 unspecified atom stereocenters. The minimum absolute atomic E-state index is 0.486. The van der Waals surface area contributed by atoms with Gasteiger partial charge in [0.2, 0.25) is 5.13 Å². The molecule has 0 radical (unpaired) electrons. The first-order chi connectivity index (χ1) is 4.74. The molecule has 1 heterocycles. The number of thiazole rings is 1. The minimum Gasteiger partial charge on any atom is -0.289 e. The van der Waals surface area contributed by atoms with E-state index in [4.69, 9.17) is 5.21 Å². The number of anilines is 1. The Hall–Kier alpha value is -0.610. The third-order valence-electron chi connectivity index (χ3n) is 1.19. The molecule has 0 aromatic carbocycles. The topological polar surface area (TPSA) is 45.2 Å². The summed E-state index contributed by atoms with van der Waals surface area (Å²) in [6.45, 7) is 4.18. The van der Waals surface area contributed by atoms with Gasteiger partial charge in [0, 0.05) is 11.1 Å². The summed E-state index contributed by atoms with van der Waals surface area (Å²) in [5, 5.41) is 8.99. The van der Waals surface area contributed by atoms with E-state index in [1.165, 1.54) is 16.2 Å². The zero-order valence-corrected chi connectivity index (χ0v) is 6.77. The average molecular weight is 158 g/mol. The molecule has 0 aliphatic carbocycles. The van der Waals surface area contributed by atoms with Crippen LogP contribution in [-0.2, 0) is 0 Å². The molecule has 4 heteroatoms. The Bertz CT molecular complexity index is 209. The summed E-state index contributed by atoms with van der Waals surface area (Å²) >= 11 is 1.47. The number of hydrogen-bond acceptors (Lipinski definition) is 4. The third-order valence-corrected chi connectivity index (χ3v) is 2.39. The van der Waals surface area contributed by atoms with Gasteiger partial charge < -0.3 is 0 Å². The monoisotopic (exact) mass is 158 g/mol. The van der Waals surface area contributed by atoms with Crippen molar-refractivity contribution in [2.75, 3.05) is 5.48 Å². The van der Waals surface area contributed by atoms with E-state index in [9.17, 15) is 0 Å². The summed E-state index contributed by atoms with van der Waals surface area (Å²) in [5.74, 6) is 0.486. The van der Waals surface area contributed by atoms with Crippen molar-refractivity contribution < 1.29 is 5.21 Å². The van der Waals surface area contributed by atoms with Crippen LogP contribution in [0.1, 0.15) is 24.6 Å². The third kappa shape index (κ3) is 1.46. The molecule has 10 heavy (non-hydrogen) atoms. The Morgan fingerprint density at radius 2 is 2.40 bits per heavy atom. The van der Waals surface area contributed by atoms with E-state index in [-0.39, 0.29) is 0 Å². The van der Waals surface area contributed by atoms with Gasteiger partial charge in [0.15, 0.2) is 0 Å². The molecular formula is C6H10N2OS. The fraction of sp³-hybridized carbons (Fsp3) is 0.500. The number of nitrogens with zero attached hydrogens (tertiary/aromatic N) is 1. The maximum Gasteiger partial charge on any atom is 0.206 e. The van der Waals surface area contributed by atoms with Gasteiger partial charge in [-0.05, 0) is 5.92 Å². The highest BCUT2D eigenvalue weighted by Gasteiger charge is 2.03. The van der Waals surface area contributed by atoms with Crippen molar-refractivity contribution in [2.45, 2.75) is 19.8 Å². The summed E-state index contributed by atoms with van der Waals surface area (Å²) in [4.78, 5) is 5.09. The lowest BCUT2D eigenvalue weighted by Crippen LogP contribution is -1.84. The van der Waals surface area contributed by atoms with E-state index in [1.807, 2.05) is 5.48 Å². The van der Waals surface area contributed by atoms with Crippen molar-refractivity contribution in [3.63, 3.8) is 0 Å². The second kappa shape index (κ2) is 2.98. The summed E-state index contributed by atoms with van der Waals surface area (Å²) in [5.41, 5.74) is 2.01. The number of hydrogen-bond donors (Lipinski definition) is 2. The van der Waals surface area contributed by atoms with Gasteiger partial charge >= 0.3 is 0 Å². The van der Waals surface area contributed by atoms with Gasteiger partial charge in [-0.3, -0.25) is 5.21 Å². The van der Waals surface area contributed by atoms with Gasteiger partial charge in [-0.2, -0.15) is 0 Å². The van der Waals surface area contributed by atoms with Gasteiger partial charge in [0.1, 0.15) is 0 Å². The van der Waals surface area contributed by atoms with Crippen LogP contribution in [0.3, 0.4) is 0 Å². The minimum atomic E-state index is 0.486. The highest BCUT2D eigenvalue weighted by Crippen LogP contribution is 2.24. The largest absolute Gasteiger partial charge is 0.289 e. The Balaban J connectivity index is 2.78. The zero-order valence-electron chi connectivity index (χ0n) is 5.96. The van der Waals surface area contributed by atoms with Crippen molar-refractivity contribution in [1.29, 1.82) is 0 Å². The highest BCUT2D eigenvalue weighted by atomic mass is 32.1. The summed E-state index contributed by atoms with van der Waals surface area (Å²) in [6.07, 6.45) is 1.77. The first-order valence-electron chi connectivity index (χ1n) is 3.10. The summed E-state index contributed by atoms with van der Waals surface area (Å²) in [6, 6.07) is 0. The number of nitrogens with one attached hydrogen (secondary N) is 1. The zero-order chi connectivity index (χ0) is 7.56. The van der Waals surface area contributed by atoms with Crippen molar-refractivity contribution in [3.05, 3.63) is 11.1 Å². The van der Waals surface area contributed by atoms with Crippen LogP contribution in [0.5, 0.6) is 0 Å². The lowest BCUT2D eigenvalue weighted by molar-refractivity contribution is 0.388. The van der Waals surface area contributed by atoms with Crippen LogP contribution < -0.4 is 5.48 Å². The molecular weight excluding hydrogens is 148 g/mol. The Kier molecular flexibility index (Phi) is 2.24. The summed E-state index contributed by atoms with van der Waals surface area (Å²) in [7, 11) is 0. The quantitative estimate of drug-likeness (QED) is 0.647. The van der Waals surface area contributed by atoms with Gasteiger partial charge in [0.05, 0.1) is 0 Å². The maximum atomic E-state index is 8.43. The Labute approximate surface area is 63.7 Å². The second-order valence-electron chi connectivity index (χ2n) is 2.33. The van der Waals surface area contributed by atoms with Crippen molar-refractivity contribution in [1.82, 2.24) is 4.98 Å². The van der Waals surface area contributed by atoms with Crippen molar-refractivity contribution >= 4 is 16.5 Å². The van der Waals surface area contributed by atoms with Crippen LogP contribution in [0.25, 0.3) is 0 Å². The maximum absolute atomic E-state index is 8.43. The predicted molar refractivity (Wildman–Crippen MR) is 41.6 cm³/mol. The van der Waals surface area contributed by atoms with E-state index < -0.39 is 0 Å². The molecule has 0 amide bonds. The van der Waals surface area contributed by atoms with Crippen LogP contribution in [0.15, 0.2) is 6.20 Å². The molecule has 3 nitrogen and oxygen atoms in total. The summed E-state index contributed by atoms with van der Waals surface area (Å²) < 4.78 is 0. The highest BCUT2D eigenvalue weighted by molar-refractivity contribution is 7.15. The fourth-order valence-electron chi connectivity index (χ4n) is 0.605. The molecule has 0 aliphatic heterocycles. The average Bonchev–Trinajstić information content (AvgIpc) is 2.34. The van der Waals surface area contributed by atoms with Crippen LogP contribution in [-0.4, -0.2) is 10.2 Å². The molecule has 2 N–H and O–H groups in total. The molecule has 0 aliphatic rings. The molecule has 0 saturated carbocycles. The molecule has 0 spiro atoms. The Morgan fingerprint density at radius 1 is 1.70 bits per heavy atom. The smallest absolute Gasteiger partial charge is 0.206 e. The molecule has 1 aromatic rings. The van der Waals surface area contributed by atoms with E-state index in [0.29, 0.717) is 11.0 Å². The van der Waals surface area contributed by atoms with Gasteiger partial charge in [-0.25, -0.2) is 10.5 Å². The lowest BCUT2D eigenvalue weighted by atomic mass is 10.2. The molecule has 1 aromatic heterocycles. The molecule has 0 fully saturated rings. The van der Waals surface area contributed by atoms with Crippen LogP contribution in [0, 0.1) is 0 Å². The SMILES string of the molecule is CC(C)c1cnc(NO)s1. The second-order valence-corrected chi connectivity index (χ2v) is 3.40. The van der Waals surface area contributed by atoms with E-state index in [0.717, 1.165) is 0 Å². The number of aromatic nitrogens is 1. The predicted octanol–water partition coefficient (Wildman–Crippen LogP) is 2.07. The first-order valence-corrected chi connectivity index (χ1v) is 3.91. The van der Waals surface area contributed by atoms with Gasteiger partial charge in [-0.1, -0.05) is 25.2 Å². The molecule has 0 atom stereocenters.